The molecule has 2 aromatic carbocycles. The van der Waals surface area contributed by atoms with Crippen LogP contribution in [-0.2, 0) is 16.2 Å². The number of halogens is 1. The zero-order valence-corrected chi connectivity index (χ0v) is 18.9. The Kier molecular flexibility index (Phi) is 8.92. The highest BCUT2D eigenvalue weighted by Gasteiger charge is 2.13. The maximum absolute atomic E-state index is 12.5. The quantitative estimate of drug-likeness (QED) is 0.501. The first-order chi connectivity index (χ1) is 14.3. The molecule has 0 aromatic heterocycles. The largest absolute Gasteiger partial charge is 0.485 e. The zero-order chi connectivity index (χ0) is 22.1. The van der Waals surface area contributed by atoms with Crippen LogP contribution in [0, 0.1) is 0 Å². The summed E-state index contributed by atoms with van der Waals surface area (Å²) in [4.78, 5) is 25.2. The number of ether oxygens (including phenoxy) is 2. The van der Waals surface area contributed by atoms with Crippen LogP contribution in [0.1, 0.15) is 31.9 Å². The van der Waals surface area contributed by atoms with Crippen LogP contribution in [0.5, 0.6) is 11.5 Å². The van der Waals surface area contributed by atoms with Gasteiger partial charge in [0.25, 0.3) is 0 Å². The van der Waals surface area contributed by atoms with Gasteiger partial charge in [-0.1, -0.05) is 40.2 Å². The molecule has 0 fully saturated rings. The van der Waals surface area contributed by atoms with E-state index in [1.807, 2.05) is 44.2 Å². The summed E-state index contributed by atoms with van der Waals surface area (Å²) in [6.07, 6.45) is 1.76. The second kappa shape index (κ2) is 11.4. The van der Waals surface area contributed by atoms with E-state index in [1.54, 1.807) is 30.0 Å². The lowest BCUT2D eigenvalue weighted by atomic mass is 10.1. The van der Waals surface area contributed by atoms with Gasteiger partial charge in [0, 0.05) is 28.7 Å². The number of likely N-dealkylation sites (N-methyl/N-ethyl adjacent to an activating group) is 1. The number of carbonyl (C=O) groups excluding carboxylic acids is 1. The molecule has 1 N–H and O–H groups in total. The molecule has 0 atom stereocenters. The number of rotatable bonds is 10. The standard InChI is InChI=1S/C23H26BrNO5/c1-4-25(5-2)23(28)16(3)12-17-10-11-20(21(13-17)30-15-22(26)27)29-14-18-8-6-7-9-19(18)24/h6-13H,4-5,14-15H2,1-3H3,(H,26,27)/b16-12-. The van der Waals surface area contributed by atoms with Gasteiger partial charge in [-0.05, 0) is 50.6 Å². The lowest BCUT2D eigenvalue weighted by Gasteiger charge is -2.19. The molecule has 0 spiro atoms. The third-order valence-corrected chi connectivity index (χ3v) is 5.20. The molecule has 30 heavy (non-hydrogen) atoms. The Morgan fingerprint density at radius 3 is 2.40 bits per heavy atom. The van der Waals surface area contributed by atoms with Crippen LogP contribution < -0.4 is 9.47 Å². The van der Waals surface area contributed by atoms with Gasteiger partial charge in [-0.25, -0.2) is 4.79 Å². The number of carboxylic acid groups (broad SMARTS) is 1. The lowest BCUT2D eigenvalue weighted by molar-refractivity contribution is -0.139. The molecule has 0 saturated heterocycles. The Morgan fingerprint density at radius 1 is 1.07 bits per heavy atom. The minimum atomic E-state index is -1.08. The molecule has 0 aliphatic carbocycles. The summed E-state index contributed by atoms with van der Waals surface area (Å²) in [6, 6.07) is 12.9. The molecular weight excluding hydrogens is 450 g/mol. The van der Waals surface area contributed by atoms with Crippen LogP contribution in [0.3, 0.4) is 0 Å². The number of carboxylic acids is 1. The summed E-state index contributed by atoms with van der Waals surface area (Å²) in [5.41, 5.74) is 2.26. The third-order valence-electron chi connectivity index (χ3n) is 4.43. The topological polar surface area (TPSA) is 76.1 Å². The van der Waals surface area contributed by atoms with Gasteiger partial charge in [0.2, 0.25) is 5.91 Å². The predicted octanol–water partition coefficient (Wildman–Crippen LogP) is 4.76. The predicted molar refractivity (Wildman–Crippen MR) is 120 cm³/mol. The Balaban J connectivity index is 2.26. The molecule has 7 heteroatoms. The maximum Gasteiger partial charge on any atom is 0.341 e. The van der Waals surface area contributed by atoms with Crippen LogP contribution >= 0.6 is 15.9 Å². The monoisotopic (exact) mass is 475 g/mol. The van der Waals surface area contributed by atoms with E-state index in [-0.39, 0.29) is 5.91 Å². The molecule has 0 bridgehead atoms. The Bertz CT molecular complexity index is 922. The first-order valence-corrected chi connectivity index (χ1v) is 10.5. The maximum atomic E-state index is 12.5. The average molecular weight is 476 g/mol. The number of hydrogen-bond donors (Lipinski definition) is 1. The molecule has 0 saturated carbocycles. The van der Waals surface area contributed by atoms with Crippen molar-refractivity contribution in [3.05, 3.63) is 63.6 Å². The average Bonchev–Trinajstić information content (AvgIpc) is 2.73. The lowest BCUT2D eigenvalue weighted by Crippen LogP contribution is -2.30. The molecule has 0 unspecified atom stereocenters. The molecule has 0 aliphatic heterocycles. The van der Waals surface area contributed by atoms with Crippen LogP contribution in [0.15, 0.2) is 52.5 Å². The third kappa shape index (κ3) is 6.62. The van der Waals surface area contributed by atoms with Crippen molar-refractivity contribution in [3.63, 3.8) is 0 Å². The van der Waals surface area contributed by atoms with Crippen molar-refractivity contribution in [3.8, 4) is 11.5 Å². The van der Waals surface area contributed by atoms with Crippen molar-refractivity contribution in [1.82, 2.24) is 4.90 Å². The van der Waals surface area contributed by atoms with E-state index in [0.717, 1.165) is 15.6 Å². The van der Waals surface area contributed by atoms with Crippen molar-refractivity contribution in [1.29, 1.82) is 0 Å². The van der Waals surface area contributed by atoms with E-state index in [2.05, 4.69) is 15.9 Å². The van der Waals surface area contributed by atoms with Crippen molar-refractivity contribution in [2.45, 2.75) is 27.4 Å². The summed E-state index contributed by atoms with van der Waals surface area (Å²) >= 11 is 3.48. The van der Waals surface area contributed by atoms with E-state index in [9.17, 15) is 9.59 Å². The zero-order valence-electron chi connectivity index (χ0n) is 17.4. The summed E-state index contributed by atoms with van der Waals surface area (Å²) in [5, 5.41) is 8.98. The molecule has 1 amide bonds. The number of aliphatic carboxylic acids is 1. The van der Waals surface area contributed by atoms with Gasteiger partial charge in [0.05, 0.1) is 0 Å². The van der Waals surface area contributed by atoms with Crippen molar-refractivity contribution in [2.75, 3.05) is 19.7 Å². The Morgan fingerprint density at radius 2 is 1.77 bits per heavy atom. The van der Waals surface area contributed by atoms with Gasteiger partial charge >= 0.3 is 5.97 Å². The fraction of sp³-hybridized carbons (Fsp3) is 0.304. The first kappa shape index (κ1) is 23.5. The summed E-state index contributed by atoms with van der Waals surface area (Å²) in [6.45, 7) is 6.70. The highest BCUT2D eigenvalue weighted by molar-refractivity contribution is 9.10. The Labute approximate surface area is 185 Å². The second-order valence-corrected chi connectivity index (χ2v) is 7.43. The second-order valence-electron chi connectivity index (χ2n) is 6.57. The molecule has 6 nitrogen and oxygen atoms in total. The van der Waals surface area contributed by atoms with E-state index < -0.39 is 12.6 Å². The van der Waals surface area contributed by atoms with Gasteiger partial charge in [0.15, 0.2) is 18.1 Å². The minimum absolute atomic E-state index is 0.0396. The fourth-order valence-electron chi connectivity index (χ4n) is 2.83. The molecule has 0 aliphatic rings. The van der Waals surface area contributed by atoms with Crippen molar-refractivity contribution in [2.24, 2.45) is 0 Å². The highest BCUT2D eigenvalue weighted by atomic mass is 79.9. The van der Waals surface area contributed by atoms with Crippen molar-refractivity contribution < 1.29 is 24.2 Å². The number of hydrogen-bond acceptors (Lipinski definition) is 4. The van der Waals surface area contributed by atoms with Crippen LogP contribution in [0.2, 0.25) is 0 Å². The van der Waals surface area contributed by atoms with E-state index >= 15 is 0 Å². The van der Waals surface area contributed by atoms with Gasteiger partial charge < -0.3 is 19.5 Å². The number of nitrogens with zero attached hydrogens (tertiary/aromatic N) is 1. The van der Waals surface area contributed by atoms with Gasteiger partial charge in [-0.15, -0.1) is 0 Å². The molecular formula is C23H26BrNO5. The van der Waals surface area contributed by atoms with Gasteiger partial charge in [-0.2, -0.15) is 0 Å². The molecule has 0 radical (unpaired) electrons. The van der Waals surface area contributed by atoms with Crippen LogP contribution in [-0.4, -0.2) is 41.6 Å². The molecule has 2 rings (SSSR count). The Hall–Kier alpha value is -2.80. The first-order valence-electron chi connectivity index (χ1n) is 9.68. The van der Waals surface area contributed by atoms with Gasteiger partial charge in [-0.3, -0.25) is 4.79 Å². The van der Waals surface area contributed by atoms with Crippen LogP contribution in [0.25, 0.3) is 6.08 Å². The minimum Gasteiger partial charge on any atom is -0.485 e. The molecule has 0 heterocycles. The SMILES string of the molecule is CCN(CC)C(=O)/C(C)=C\c1ccc(OCc2ccccc2Br)c(OCC(=O)O)c1. The number of benzene rings is 2. The summed E-state index contributed by atoms with van der Waals surface area (Å²) < 4.78 is 12.2. The van der Waals surface area contributed by atoms with E-state index in [4.69, 9.17) is 14.6 Å². The summed E-state index contributed by atoms with van der Waals surface area (Å²) in [5.74, 6) is -0.388. The molecule has 160 valence electrons. The molecule has 2 aromatic rings. The smallest absolute Gasteiger partial charge is 0.341 e. The normalized spacial score (nSPS) is 11.1. The van der Waals surface area contributed by atoms with Crippen LogP contribution in [0.4, 0.5) is 0 Å². The van der Waals surface area contributed by atoms with Crippen molar-refractivity contribution >= 4 is 33.9 Å². The number of carbonyl (C=O) groups is 2. The number of amides is 1. The van der Waals surface area contributed by atoms with Gasteiger partial charge in [0.1, 0.15) is 6.61 Å². The highest BCUT2D eigenvalue weighted by Crippen LogP contribution is 2.31. The fourth-order valence-corrected chi connectivity index (χ4v) is 3.23. The van der Waals surface area contributed by atoms with E-state index in [1.165, 1.54) is 0 Å². The van der Waals surface area contributed by atoms with E-state index in [0.29, 0.717) is 36.8 Å². The summed E-state index contributed by atoms with van der Waals surface area (Å²) in [7, 11) is 0.